The van der Waals surface area contributed by atoms with Crippen LogP contribution < -0.4 is 15.4 Å². The number of benzene rings is 1. The van der Waals surface area contributed by atoms with Crippen LogP contribution >= 0.6 is 0 Å². The van der Waals surface area contributed by atoms with E-state index in [0.717, 1.165) is 0 Å². The Balaban J connectivity index is 2.87. The van der Waals surface area contributed by atoms with Gasteiger partial charge in [-0.2, -0.15) is 5.26 Å². The van der Waals surface area contributed by atoms with Gasteiger partial charge in [0.25, 0.3) is 5.91 Å². The van der Waals surface area contributed by atoms with E-state index in [4.69, 9.17) is 4.74 Å². The van der Waals surface area contributed by atoms with E-state index in [9.17, 15) is 20.0 Å². The molecule has 1 aromatic rings. The molecular weight excluding hydrogens is 322 g/mol. The number of amides is 1. The van der Waals surface area contributed by atoms with Gasteiger partial charge in [0.15, 0.2) is 0 Å². The lowest BCUT2D eigenvalue weighted by Crippen LogP contribution is -2.42. The topological polar surface area (TPSA) is 111 Å². The normalized spacial score (nSPS) is 12.2. The van der Waals surface area contributed by atoms with Crippen LogP contribution in [-0.4, -0.2) is 29.6 Å². The van der Waals surface area contributed by atoms with Crippen molar-refractivity contribution in [1.29, 1.82) is 5.26 Å². The second-order valence-electron chi connectivity index (χ2n) is 5.74. The van der Waals surface area contributed by atoms with Gasteiger partial charge in [-0.05, 0) is 31.4 Å². The number of carboxylic acid groups (broad SMARTS) is 1. The third kappa shape index (κ3) is 6.55. The van der Waals surface area contributed by atoms with Crippen LogP contribution in [0.1, 0.15) is 27.2 Å². The smallest absolute Gasteiger partial charge is 0.326 e. The van der Waals surface area contributed by atoms with Crippen molar-refractivity contribution in [3.63, 3.8) is 0 Å². The second kappa shape index (κ2) is 9.98. The van der Waals surface area contributed by atoms with Gasteiger partial charge >= 0.3 is 5.97 Å². The summed E-state index contributed by atoms with van der Waals surface area (Å²) in [5.74, 6) is -1.19. The Hall–Kier alpha value is -3.01. The summed E-state index contributed by atoms with van der Waals surface area (Å²) < 4.78 is 5.45. The van der Waals surface area contributed by atoms with Gasteiger partial charge in [-0.1, -0.05) is 26.0 Å². The molecular formula is C18H23N3O4. The van der Waals surface area contributed by atoms with E-state index in [1.54, 1.807) is 30.3 Å². The molecule has 0 fully saturated rings. The quantitative estimate of drug-likeness (QED) is 0.468. The molecule has 0 aliphatic rings. The number of carbonyl (C=O) groups excluding carboxylic acids is 1. The van der Waals surface area contributed by atoms with Gasteiger partial charge in [0.05, 0.1) is 12.3 Å². The molecule has 0 saturated heterocycles. The molecule has 1 unspecified atom stereocenters. The van der Waals surface area contributed by atoms with Gasteiger partial charge in [-0.15, -0.1) is 0 Å². The Labute approximate surface area is 147 Å². The minimum absolute atomic E-state index is 0.0899. The fourth-order valence-corrected chi connectivity index (χ4v) is 2.09. The van der Waals surface area contributed by atoms with Crippen molar-refractivity contribution in [2.24, 2.45) is 5.92 Å². The summed E-state index contributed by atoms with van der Waals surface area (Å²) in [6, 6.07) is 7.83. The minimum atomic E-state index is -1.13. The second-order valence-corrected chi connectivity index (χ2v) is 5.74. The predicted molar refractivity (Wildman–Crippen MR) is 94.0 cm³/mol. The maximum Gasteiger partial charge on any atom is 0.326 e. The molecule has 1 aromatic carbocycles. The molecule has 134 valence electrons. The van der Waals surface area contributed by atoms with Crippen LogP contribution in [0.25, 0.3) is 0 Å². The van der Waals surface area contributed by atoms with Crippen LogP contribution in [0, 0.1) is 17.2 Å². The lowest BCUT2D eigenvalue weighted by atomic mass is 10.0. The van der Waals surface area contributed by atoms with Crippen molar-refractivity contribution in [1.82, 2.24) is 5.32 Å². The highest BCUT2D eigenvalue weighted by Crippen LogP contribution is 2.23. The molecule has 7 heteroatoms. The number of hydrogen-bond acceptors (Lipinski definition) is 5. The van der Waals surface area contributed by atoms with Gasteiger partial charge < -0.3 is 20.5 Å². The van der Waals surface area contributed by atoms with Crippen LogP contribution in [0.3, 0.4) is 0 Å². The fourth-order valence-electron chi connectivity index (χ4n) is 2.09. The van der Waals surface area contributed by atoms with Crippen LogP contribution in [0.4, 0.5) is 5.69 Å². The first-order valence-electron chi connectivity index (χ1n) is 8.01. The number of nitriles is 1. The van der Waals surface area contributed by atoms with E-state index in [1.165, 1.54) is 6.20 Å². The number of nitrogens with zero attached hydrogens (tertiary/aromatic N) is 1. The highest BCUT2D eigenvalue weighted by molar-refractivity contribution is 5.99. The van der Waals surface area contributed by atoms with Gasteiger partial charge in [-0.3, -0.25) is 4.79 Å². The summed E-state index contributed by atoms with van der Waals surface area (Å²) >= 11 is 0. The van der Waals surface area contributed by atoms with Crippen molar-refractivity contribution in [2.45, 2.75) is 33.2 Å². The lowest BCUT2D eigenvalue weighted by molar-refractivity contribution is -0.141. The van der Waals surface area contributed by atoms with Crippen LogP contribution in [-0.2, 0) is 9.59 Å². The molecule has 3 N–H and O–H groups in total. The standard InChI is InChI=1S/C18H23N3O4/c1-4-25-16-8-6-5-7-14(16)20-11-13(10-19)17(22)21-15(18(23)24)9-12(2)3/h5-8,11-12,15,20H,4,9H2,1-3H3,(H,21,22)(H,23,24)/b13-11-. The maximum atomic E-state index is 12.2. The first kappa shape index (κ1) is 20.0. The Morgan fingerprint density at radius 1 is 1.36 bits per heavy atom. The molecule has 0 saturated carbocycles. The average molecular weight is 345 g/mol. The number of nitrogens with one attached hydrogen (secondary N) is 2. The summed E-state index contributed by atoms with van der Waals surface area (Å²) in [7, 11) is 0. The molecule has 0 aliphatic heterocycles. The Morgan fingerprint density at radius 3 is 2.60 bits per heavy atom. The van der Waals surface area contributed by atoms with Crippen LogP contribution in [0.15, 0.2) is 36.0 Å². The summed E-state index contributed by atoms with van der Waals surface area (Å²) in [6.07, 6.45) is 1.52. The molecule has 0 bridgehead atoms. The highest BCUT2D eigenvalue weighted by Gasteiger charge is 2.22. The number of para-hydroxylation sites is 2. The lowest BCUT2D eigenvalue weighted by Gasteiger charge is -2.16. The zero-order chi connectivity index (χ0) is 18.8. The molecule has 1 amide bonds. The zero-order valence-corrected chi connectivity index (χ0v) is 14.6. The average Bonchev–Trinajstić information content (AvgIpc) is 2.56. The molecule has 0 aliphatic carbocycles. The van der Waals surface area contributed by atoms with Crippen molar-refractivity contribution in [2.75, 3.05) is 11.9 Å². The molecule has 1 rings (SSSR count). The Morgan fingerprint density at radius 2 is 2.04 bits per heavy atom. The molecule has 7 nitrogen and oxygen atoms in total. The van der Waals surface area contributed by atoms with E-state index < -0.39 is 17.9 Å². The van der Waals surface area contributed by atoms with Crippen molar-refractivity contribution in [3.8, 4) is 11.8 Å². The monoisotopic (exact) mass is 345 g/mol. The van der Waals surface area contributed by atoms with E-state index in [-0.39, 0.29) is 17.9 Å². The van der Waals surface area contributed by atoms with E-state index in [2.05, 4.69) is 10.6 Å². The first-order chi connectivity index (χ1) is 11.9. The predicted octanol–water partition coefficient (Wildman–Crippen LogP) is 2.52. The van der Waals surface area contributed by atoms with Crippen molar-refractivity contribution >= 4 is 17.6 Å². The Bertz CT molecular complexity index is 677. The summed E-state index contributed by atoms with van der Waals surface area (Å²) in [5.41, 5.74) is 0.378. The number of ether oxygens (including phenoxy) is 1. The third-order valence-electron chi connectivity index (χ3n) is 3.23. The largest absolute Gasteiger partial charge is 0.492 e. The number of carboxylic acids is 1. The van der Waals surface area contributed by atoms with Crippen LogP contribution in [0.2, 0.25) is 0 Å². The number of rotatable bonds is 9. The van der Waals surface area contributed by atoms with E-state index in [1.807, 2.05) is 20.8 Å². The number of aliphatic carboxylic acids is 1. The molecule has 0 spiro atoms. The third-order valence-corrected chi connectivity index (χ3v) is 3.23. The zero-order valence-electron chi connectivity index (χ0n) is 14.6. The van der Waals surface area contributed by atoms with E-state index >= 15 is 0 Å². The van der Waals surface area contributed by atoms with Crippen molar-refractivity contribution < 1.29 is 19.4 Å². The molecule has 0 radical (unpaired) electrons. The van der Waals surface area contributed by atoms with Gasteiger partial charge in [0, 0.05) is 6.20 Å². The maximum absolute atomic E-state index is 12.2. The van der Waals surface area contributed by atoms with Crippen molar-refractivity contribution in [3.05, 3.63) is 36.0 Å². The number of anilines is 1. The summed E-state index contributed by atoms with van der Waals surface area (Å²) in [6.45, 7) is 6.04. The first-order valence-corrected chi connectivity index (χ1v) is 8.01. The summed E-state index contributed by atoms with van der Waals surface area (Å²) in [5, 5.41) is 23.6. The fraction of sp³-hybridized carbons (Fsp3) is 0.389. The van der Waals surface area contributed by atoms with Gasteiger partial charge in [0.1, 0.15) is 23.4 Å². The SMILES string of the molecule is CCOc1ccccc1N/C=C(/C#N)C(=O)NC(CC(C)C)C(=O)O. The number of hydrogen-bond donors (Lipinski definition) is 3. The summed E-state index contributed by atoms with van der Waals surface area (Å²) in [4.78, 5) is 23.4. The molecule has 25 heavy (non-hydrogen) atoms. The van der Waals surface area contributed by atoms with Gasteiger partial charge in [0.2, 0.25) is 0 Å². The Kier molecular flexibility index (Phi) is 8.00. The molecule has 1 atom stereocenters. The molecule has 0 aromatic heterocycles. The molecule has 0 heterocycles. The van der Waals surface area contributed by atoms with Crippen LogP contribution in [0.5, 0.6) is 5.75 Å². The van der Waals surface area contributed by atoms with E-state index in [0.29, 0.717) is 18.0 Å². The van der Waals surface area contributed by atoms with Gasteiger partial charge in [-0.25, -0.2) is 4.79 Å². The minimum Gasteiger partial charge on any atom is -0.492 e. The number of carbonyl (C=O) groups is 2. The highest BCUT2D eigenvalue weighted by atomic mass is 16.5.